The third-order valence-corrected chi connectivity index (χ3v) is 6.12. The summed E-state index contributed by atoms with van der Waals surface area (Å²) in [5.41, 5.74) is 3.33. The molecule has 0 aliphatic carbocycles. The first-order valence-electron chi connectivity index (χ1n) is 12.8. The number of oxazole rings is 1. The molecular formula is C29H36N4O6. The molecule has 3 rings (SSSR count). The molecule has 0 saturated heterocycles. The molecule has 0 aliphatic heterocycles. The van der Waals surface area contributed by atoms with Crippen LogP contribution in [0.25, 0.3) is 0 Å². The molecule has 0 bridgehead atoms. The smallest absolute Gasteiger partial charge is 0.323 e. The van der Waals surface area contributed by atoms with Gasteiger partial charge < -0.3 is 30.2 Å². The number of methoxy groups -OCH3 is 1. The summed E-state index contributed by atoms with van der Waals surface area (Å²) >= 11 is 0. The van der Waals surface area contributed by atoms with Gasteiger partial charge in [-0.25, -0.2) is 9.78 Å². The number of carbonyl (C=O) groups is 3. The van der Waals surface area contributed by atoms with Gasteiger partial charge in [0.1, 0.15) is 18.1 Å². The predicted octanol–water partition coefficient (Wildman–Crippen LogP) is 5.34. The van der Waals surface area contributed by atoms with Gasteiger partial charge in [-0.05, 0) is 48.6 Å². The Kier molecular flexibility index (Phi) is 10.1. The molecule has 0 aliphatic rings. The van der Waals surface area contributed by atoms with E-state index in [9.17, 15) is 14.4 Å². The molecule has 3 aromatic rings. The number of aliphatic carboxylic acids is 1. The summed E-state index contributed by atoms with van der Waals surface area (Å²) in [6, 6.07) is 11.7. The van der Waals surface area contributed by atoms with Gasteiger partial charge in [0.2, 0.25) is 11.8 Å². The summed E-state index contributed by atoms with van der Waals surface area (Å²) in [7, 11) is 1.49. The highest BCUT2D eigenvalue weighted by atomic mass is 16.5. The lowest BCUT2D eigenvalue weighted by atomic mass is 10.0. The van der Waals surface area contributed by atoms with Crippen molar-refractivity contribution in [3.05, 3.63) is 71.4 Å². The SMILES string of the molecule is COc1cc(CC(=O)NC(CC(C)C)c2nc(CC(C)C(=O)O)co2)ccc1NC(=O)Nc1ccccc1C. The standard InChI is InChI=1S/C29H36N4O6/c1-17(2)12-24(27-30-21(16-39-27)13-19(4)28(35)36)31-26(34)15-20-10-11-23(25(14-20)38-5)33-29(37)32-22-9-7-6-8-18(22)3/h6-11,14,16-17,19,24H,12-13,15H2,1-5H3,(H,31,34)(H,35,36)(H2,32,33,37). The summed E-state index contributed by atoms with van der Waals surface area (Å²) in [5, 5.41) is 17.7. The number of carboxylic acids is 1. The zero-order valence-corrected chi connectivity index (χ0v) is 22.9. The van der Waals surface area contributed by atoms with E-state index in [1.807, 2.05) is 45.0 Å². The minimum absolute atomic E-state index is 0.0737. The van der Waals surface area contributed by atoms with Gasteiger partial charge in [-0.1, -0.05) is 45.0 Å². The number of benzene rings is 2. The van der Waals surface area contributed by atoms with Crippen LogP contribution in [0.15, 0.2) is 53.1 Å². The Labute approximate surface area is 228 Å². The Bertz CT molecular complexity index is 1300. The number of carbonyl (C=O) groups excluding carboxylic acids is 2. The lowest BCUT2D eigenvalue weighted by Crippen LogP contribution is -2.31. The fourth-order valence-electron chi connectivity index (χ4n) is 4.04. The van der Waals surface area contributed by atoms with E-state index in [-0.39, 0.29) is 24.7 Å². The normalized spacial score (nSPS) is 12.5. The third-order valence-electron chi connectivity index (χ3n) is 6.12. The van der Waals surface area contributed by atoms with Gasteiger partial charge in [0.15, 0.2) is 0 Å². The molecule has 10 heteroatoms. The first-order chi connectivity index (χ1) is 18.5. The van der Waals surface area contributed by atoms with Gasteiger partial charge in [0.25, 0.3) is 0 Å². The molecule has 3 amide bonds. The van der Waals surface area contributed by atoms with E-state index >= 15 is 0 Å². The van der Waals surface area contributed by atoms with Crippen molar-refractivity contribution in [1.82, 2.24) is 10.3 Å². The molecule has 2 unspecified atom stereocenters. The molecule has 208 valence electrons. The van der Waals surface area contributed by atoms with Crippen molar-refractivity contribution in [2.24, 2.45) is 11.8 Å². The van der Waals surface area contributed by atoms with Crippen LogP contribution in [-0.4, -0.2) is 35.1 Å². The van der Waals surface area contributed by atoms with Crippen molar-refractivity contribution in [1.29, 1.82) is 0 Å². The Morgan fingerprint density at radius 3 is 2.44 bits per heavy atom. The fourth-order valence-corrected chi connectivity index (χ4v) is 4.04. The Balaban J connectivity index is 1.65. The zero-order valence-electron chi connectivity index (χ0n) is 22.9. The van der Waals surface area contributed by atoms with Crippen LogP contribution in [0.5, 0.6) is 5.75 Å². The number of nitrogens with zero attached hydrogens (tertiary/aromatic N) is 1. The second-order valence-corrected chi connectivity index (χ2v) is 9.98. The number of anilines is 2. The highest BCUT2D eigenvalue weighted by Gasteiger charge is 2.23. The van der Waals surface area contributed by atoms with Gasteiger partial charge in [-0.2, -0.15) is 0 Å². The summed E-state index contributed by atoms with van der Waals surface area (Å²) in [5.74, 6) is -0.721. The molecule has 1 heterocycles. The van der Waals surface area contributed by atoms with E-state index < -0.39 is 24.0 Å². The van der Waals surface area contributed by atoms with Crippen LogP contribution in [0, 0.1) is 18.8 Å². The summed E-state index contributed by atoms with van der Waals surface area (Å²) in [4.78, 5) is 41.1. The number of aromatic nitrogens is 1. The van der Waals surface area contributed by atoms with Crippen LogP contribution < -0.4 is 20.7 Å². The van der Waals surface area contributed by atoms with Gasteiger partial charge >= 0.3 is 12.0 Å². The van der Waals surface area contributed by atoms with Crippen LogP contribution in [-0.2, 0) is 22.4 Å². The van der Waals surface area contributed by atoms with E-state index in [0.29, 0.717) is 40.7 Å². The number of carboxylic acid groups (broad SMARTS) is 1. The average Bonchev–Trinajstić information content (AvgIpc) is 3.34. The van der Waals surface area contributed by atoms with Crippen molar-refractivity contribution in [2.45, 2.75) is 53.0 Å². The lowest BCUT2D eigenvalue weighted by Gasteiger charge is -2.18. The topological polar surface area (TPSA) is 143 Å². The van der Waals surface area contributed by atoms with Gasteiger partial charge in [0, 0.05) is 12.1 Å². The third kappa shape index (κ3) is 8.59. The maximum Gasteiger partial charge on any atom is 0.323 e. The molecule has 0 spiro atoms. The van der Waals surface area contributed by atoms with Gasteiger partial charge in [0.05, 0.1) is 30.8 Å². The number of amides is 3. The Morgan fingerprint density at radius 1 is 1.05 bits per heavy atom. The monoisotopic (exact) mass is 536 g/mol. The maximum atomic E-state index is 13.0. The molecule has 0 saturated carbocycles. The van der Waals surface area contributed by atoms with Crippen LogP contribution in [0.4, 0.5) is 16.2 Å². The average molecular weight is 537 g/mol. The first kappa shape index (κ1) is 29.2. The highest BCUT2D eigenvalue weighted by Crippen LogP contribution is 2.27. The molecular weight excluding hydrogens is 500 g/mol. The number of hydrogen-bond acceptors (Lipinski definition) is 6. The second kappa shape index (κ2) is 13.5. The number of rotatable bonds is 12. The predicted molar refractivity (Wildman–Crippen MR) is 148 cm³/mol. The molecule has 10 nitrogen and oxygen atoms in total. The Morgan fingerprint density at radius 2 is 1.77 bits per heavy atom. The van der Waals surface area contributed by atoms with Crippen LogP contribution >= 0.6 is 0 Å². The molecule has 4 N–H and O–H groups in total. The number of urea groups is 1. The van der Waals surface area contributed by atoms with E-state index in [0.717, 1.165) is 5.56 Å². The summed E-state index contributed by atoms with van der Waals surface area (Å²) in [6.07, 6.45) is 2.36. The minimum Gasteiger partial charge on any atom is -0.495 e. The number of nitrogens with one attached hydrogen (secondary N) is 3. The summed E-state index contributed by atoms with van der Waals surface area (Å²) in [6.45, 7) is 7.57. The van der Waals surface area contributed by atoms with Crippen molar-refractivity contribution in [2.75, 3.05) is 17.7 Å². The van der Waals surface area contributed by atoms with Crippen molar-refractivity contribution < 1.29 is 28.6 Å². The summed E-state index contributed by atoms with van der Waals surface area (Å²) < 4.78 is 11.1. The van der Waals surface area contributed by atoms with Crippen molar-refractivity contribution in [3.63, 3.8) is 0 Å². The number of aryl methyl sites for hydroxylation is 1. The zero-order chi connectivity index (χ0) is 28.5. The van der Waals surface area contributed by atoms with E-state index in [1.54, 1.807) is 25.1 Å². The quantitative estimate of drug-likeness (QED) is 0.244. The van der Waals surface area contributed by atoms with E-state index in [2.05, 4.69) is 20.9 Å². The van der Waals surface area contributed by atoms with Crippen molar-refractivity contribution in [3.8, 4) is 5.75 Å². The molecule has 2 atom stereocenters. The molecule has 2 aromatic carbocycles. The van der Waals surface area contributed by atoms with Crippen LogP contribution in [0.1, 0.15) is 55.9 Å². The Hall–Kier alpha value is -4.34. The van der Waals surface area contributed by atoms with Gasteiger partial charge in [-0.3, -0.25) is 9.59 Å². The van der Waals surface area contributed by atoms with Crippen LogP contribution in [0.3, 0.4) is 0 Å². The van der Waals surface area contributed by atoms with Gasteiger partial charge in [-0.15, -0.1) is 0 Å². The number of para-hydroxylation sites is 1. The largest absolute Gasteiger partial charge is 0.495 e. The van der Waals surface area contributed by atoms with Crippen LogP contribution in [0.2, 0.25) is 0 Å². The van der Waals surface area contributed by atoms with E-state index in [1.165, 1.54) is 13.4 Å². The van der Waals surface area contributed by atoms with Crippen molar-refractivity contribution >= 4 is 29.3 Å². The minimum atomic E-state index is -0.907. The number of hydrogen-bond donors (Lipinski definition) is 4. The fraction of sp³-hybridized carbons (Fsp3) is 0.379. The highest BCUT2D eigenvalue weighted by molar-refractivity contribution is 6.01. The molecule has 0 radical (unpaired) electrons. The number of ether oxygens (including phenoxy) is 1. The maximum absolute atomic E-state index is 13.0. The lowest BCUT2D eigenvalue weighted by molar-refractivity contribution is -0.141. The molecule has 0 fully saturated rings. The first-order valence-corrected chi connectivity index (χ1v) is 12.8. The molecule has 39 heavy (non-hydrogen) atoms. The molecule has 1 aromatic heterocycles. The second-order valence-electron chi connectivity index (χ2n) is 9.98. The van der Waals surface area contributed by atoms with E-state index in [4.69, 9.17) is 14.3 Å².